The van der Waals surface area contributed by atoms with Crippen LogP contribution in [-0.2, 0) is 16.0 Å². The SMILES string of the molecule is CN1C(=O)C(O)C(C(=O)NCCCc2ccc(Cl)c(Cl)c2)C1CC(C)(C)C. The number of aliphatic hydroxyl groups excluding tert-OH is 1. The van der Waals surface area contributed by atoms with E-state index in [1.807, 2.05) is 12.1 Å². The molecule has 1 heterocycles. The Morgan fingerprint density at radius 3 is 2.52 bits per heavy atom. The standard InChI is InChI=1S/C20H28Cl2N2O3/c1-20(2,3)11-15-16(17(25)19(27)24(15)4)18(26)23-9-5-6-12-7-8-13(21)14(22)10-12/h7-8,10,15-17,25H,5-6,9,11H2,1-4H3,(H,23,26). The molecule has 3 atom stereocenters. The summed E-state index contributed by atoms with van der Waals surface area (Å²) in [6, 6.07) is 5.18. The van der Waals surface area contributed by atoms with Gasteiger partial charge in [0.05, 0.1) is 16.0 Å². The predicted molar refractivity (Wildman–Crippen MR) is 108 cm³/mol. The zero-order valence-corrected chi connectivity index (χ0v) is 17.8. The summed E-state index contributed by atoms with van der Waals surface area (Å²) in [5, 5.41) is 14.2. The van der Waals surface area contributed by atoms with Gasteiger partial charge in [0.15, 0.2) is 0 Å². The van der Waals surface area contributed by atoms with E-state index in [0.29, 0.717) is 23.0 Å². The Kier molecular flexibility index (Phi) is 7.17. The minimum Gasteiger partial charge on any atom is -0.382 e. The highest BCUT2D eigenvalue weighted by molar-refractivity contribution is 6.42. The van der Waals surface area contributed by atoms with Crippen molar-refractivity contribution < 1.29 is 14.7 Å². The number of halogens is 2. The molecule has 1 aromatic carbocycles. The summed E-state index contributed by atoms with van der Waals surface area (Å²) >= 11 is 11.9. The molecule has 27 heavy (non-hydrogen) atoms. The predicted octanol–water partition coefficient (Wildman–Crippen LogP) is 3.30. The van der Waals surface area contributed by atoms with Crippen LogP contribution in [0.2, 0.25) is 10.0 Å². The van der Waals surface area contributed by atoms with Crippen LogP contribution in [0, 0.1) is 11.3 Å². The number of nitrogens with one attached hydrogen (secondary N) is 1. The van der Waals surface area contributed by atoms with E-state index in [9.17, 15) is 14.7 Å². The van der Waals surface area contributed by atoms with Gasteiger partial charge >= 0.3 is 0 Å². The summed E-state index contributed by atoms with van der Waals surface area (Å²) < 4.78 is 0. The lowest BCUT2D eigenvalue weighted by atomic mass is 9.82. The van der Waals surface area contributed by atoms with Gasteiger partial charge in [-0.25, -0.2) is 0 Å². The highest BCUT2D eigenvalue weighted by Gasteiger charge is 2.50. The lowest BCUT2D eigenvalue weighted by molar-refractivity contribution is -0.137. The maximum Gasteiger partial charge on any atom is 0.252 e. The van der Waals surface area contributed by atoms with Gasteiger partial charge in [0, 0.05) is 19.6 Å². The number of hydrogen-bond donors (Lipinski definition) is 2. The van der Waals surface area contributed by atoms with Crippen LogP contribution in [-0.4, -0.2) is 47.6 Å². The second kappa shape index (κ2) is 8.80. The molecular weight excluding hydrogens is 387 g/mol. The third-order valence-corrected chi connectivity index (χ3v) is 5.64. The van der Waals surface area contributed by atoms with E-state index in [1.165, 1.54) is 4.90 Å². The van der Waals surface area contributed by atoms with E-state index in [2.05, 4.69) is 26.1 Å². The fourth-order valence-electron chi connectivity index (χ4n) is 3.50. The Balaban J connectivity index is 1.92. The van der Waals surface area contributed by atoms with Crippen LogP contribution in [0.1, 0.15) is 39.2 Å². The molecule has 2 N–H and O–H groups in total. The Morgan fingerprint density at radius 2 is 1.93 bits per heavy atom. The number of aliphatic hydroxyl groups is 1. The number of likely N-dealkylation sites (N-methyl/N-ethyl adjacent to an activating group) is 1. The second-order valence-electron chi connectivity index (χ2n) is 8.39. The normalized spacial score (nSPS) is 23.0. The topological polar surface area (TPSA) is 69.6 Å². The van der Waals surface area contributed by atoms with E-state index in [-0.39, 0.29) is 23.3 Å². The van der Waals surface area contributed by atoms with E-state index < -0.39 is 12.0 Å². The fourth-order valence-corrected chi connectivity index (χ4v) is 3.82. The van der Waals surface area contributed by atoms with E-state index in [0.717, 1.165) is 18.4 Å². The third kappa shape index (κ3) is 5.59. The average molecular weight is 415 g/mol. The van der Waals surface area contributed by atoms with Gasteiger partial charge in [-0.15, -0.1) is 0 Å². The Hall–Kier alpha value is -1.30. The molecule has 1 aliphatic rings. The van der Waals surface area contributed by atoms with Gasteiger partial charge in [-0.05, 0) is 42.4 Å². The number of aryl methyl sites for hydroxylation is 1. The molecule has 0 saturated carbocycles. The van der Waals surface area contributed by atoms with Gasteiger partial charge in [-0.2, -0.15) is 0 Å². The molecule has 1 aromatic rings. The number of benzene rings is 1. The number of carbonyl (C=O) groups is 2. The molecule has 0 radical (unpaired) electrons. The maximum atomic E-state index is 12.7. The molecule has 5 nitrogen and oxygen atoms in total. The summed E-state index contributed by atoms with van der Waals surface area (Å²) in [5.41, 5.74) is 0.982. The summed E-state index contributed by atoms with van der Waals surface area (Å²) in [6.07, 6.45) is 0.833. The summed E-state index contributed by atoms with van der Waals surface area (Å²) in [7, 11) is 1.65. The molecule has 7 heteroatoms. The number of rotatable bonds is 6. The van der Waals surface area contributed by atoms with Crippen LogP contribution in [0.25, 0.3) is 0 Å². The molecule has 0 spiro atoms. The first-order valence-corrected chi connectivity index (χ1v) is 9.93. The van der Waals surface area contributed by atoms with Crippen molar-refractivity contribution in [3.05, 3.63) is 33.8 Å². The minimum absolute atomic E-state index is 0.0599. The van der Waals surface area contributed by atoms with Crippen molar-refractivity contribution in [1.29, 1.82) is 0 Å². The van der Waals surface area contributed by atoms with Crippen molar-refractivity contribution >= 4 is 35.0 Å². The molecule has 0 bridgehead atoms. The van der Waals surface area contributed by atoms with Crippen molar-refractivity contribution in [3.63, 3.8) is 0 Å². The van der Waals surface area contributed by atoms with Gasteiger partial charge in [0.25, 0.3) is 5.91 Å². The number of carbonyl (C=O) groups excluding carboxylic acids is 2. The van der Waals surface area contributed by atoms with Gasteiger partial charge < -0.3 is 15.3 Å². The molecule has 1 aliphatic heterocycles. The van der Waals surface area contributed by atoms with Gasteiger partial charge in [0.1, 0.15) is 6.10 Å². The van der Waals surface area contributed by atoms with Crippen molar-refractivity contribution in [2.24, 2.45) is 11.3 Å². The quantitative estimate of drug-likeness (QED) is 0.701. The lowest BCUT2D eigenvalue weighted by Crippen LogP contribution is -2.43. The maximum absolute atomic E-state index is 12.7. The molecular formula is C20H28Cl2N2O3. The van der Waals surface area contributed by atoms with E-state index >= 15 is 0 Å². The smallest absolute Gasteiger partial charge is 0.252 e. The van der Waals surface area contributed by atoms with Crippen molar-refractivity contribution in [2.75, 3.05) is 13.6 Å². The van der Waals surface area contributed by atoms with Crippen molar-refractivity contribution in [2.45, 2.75) is 52.2 Å². The Morgan fingerprint density at radius 1 is 1.26 bits per heavy atom. The number of likely N-dealkylation sites (tertiary alicyclic amines) is 1. The molecule has 2 rings (SSSR count). The van der Waals surface area contributed by atoms with Gasteiger partial charge in [-0.3, -0.25) is 9.59 Å². The highest BCUT2D eigenvalue weighted by atomic mass is 35.5. The first-order valence-electron chi connectivity index (χ1n) is 9.17. The van der Waals surface area contributed by atoms with Crippen LogP contribution in [0.5, 0.6) is 0 Å². The van der Waals surface area contributed by atoms with Crippen LogP contribution >= 0.6 is 23.2 Å². The average Bonchev–Trinajstić information content (AvgIpc) is 2.77. The molecule has 0 aromatic heterocycles. The van der Waals surface area contributed by atoms with Crippen LogP contribution in [0.3, 0.4) is 0 Å². The summed E-state index contributed by atoms with van der Waals surface area (Å²) in [5.74, 6) is -1.41. The number of hydrogen-bond acceptors (Lipinski definition) is 3. The van der Waals surface area contributed by atoms with Crippen LogP contribution in [0.15, 0.2) is 18.2 Å². The van der Waals surface area contributed by atoms with E-state index in [1.54, 1.807) is 13.1 Å². The minimum atomic E-state index is -1.28. The first kappa shape index (κ1) is 22.0. The summed E-state index contributed by atoms with van der Waals surface area (Å²) in [6.45, 7) is 6.63. The largest absolute Gasteiger partial charge is 0.382 e. The molecule has 1 fully saturated rings. The highest BCUT2D eigenvalue weighted by Crippen LogP contribution is 2.34. The van der Waals surface area contributed by atoms with E-state index in [4.69, 9.17) is 23.2 Å². The zero-order chi connectivity index (χ0) is 20.4. The molecule has 0 aliphatic carbocycles. The van der Waals surface area contributed by atoms with Crippen LogP contribution < -0.4 is 5.32 Å². The van der Waals surface area contributed by atoms with Gasteiger partial charge in [-0.1, -0.05) is 50.0 Å². The molecule has 2 amide bonds. The van der Waals surface area contributed by atoms with Crippen molar-refractivity contribution in [3.8, 4) is 0 Å². The third-order valence-electron chi connectivity index (χ3n) is 4.90. The summed E-state index contributed by atoms with van der Waals surface area (Å²) in [4.78, 5) is 26.3. The van der Waals surface area contributed by atoms with Crippen molar-refractivity contribution in [1.82, 2.24) is 10.2 Å². The number of nitrogens with zero attached hydrogens (tertiary/aromatic N) is 1. The fraction of sp³-hybridized carbons (Fsp3) is 0.600. The monoisotopic (exact) mass is 414 g/mol. The molecule has 3 unspecified atom stereocenters. The lowest BCUT2D eigenvalue weighted by Gasteiger charge is -2.30. The Labute approximate surface area is 171 Å². The first-order chi connectivity index (χ1) is 12.5. The molecule has 150 valence electrons. The molecule has 1 saturated heterocycles. The zero-order valence-electron chi connectivity index (χ0n) is 16.3. The Bertz CT molecular complexity index is 703. The number of amides is 2. The van der Waals surface area contributed by atoms with Crippen LogP contribution in [0.4, 0.5) is 0 Å². The second-order valence-corrected chi connectivity index (χ2v) is 9.21. The van der Waals surface area contributed by atoms with Gasteiger partial charge in [0.2, 0.25) is 5.91 Å².